The first-order valence-corrected chi connectivity index (χ1v) is 14.9. The smallest absolute Gasteiger partial charge is 0.168 e. The fourth-order valence-corrected chi connectivity index (χ4v) is 3.82. The van der Waals surface area contributed by atoms with E-state index >= 15 is 0 Å². The number of carbonyl (C=O) groups excluding carboxylic acids is 1. The number of ketones is 1. The van der Waals surface area contributed by atoms with Crippen molar-refractivity contribution in [1.29, 1.82) is 5.26 Å². The van der Waals surface area contributed by atoms with Gasteiger partial charge in [0.2, 0.25) is 0 Å². The average molecular weight is 578 g/mol. The van der Waals surface area contributed by atoms with Gasteiger partial charge in [-0.25, -0.2) is 0 Å². The van der Waals surface area contributed by atoms with Gasteiger partial charge in [0, 0.05) is 57.7 Å². The predicted molar refractivity (Wildman–Crippen MR) is 168 cm³/mol. The van der Waals surface area contributed by atoms with Crippen LogP contribution in [0.3, 0.4) is 0 Å². The SMILES string of the molecule is ClCCCl.N#CC1CC1.Nc1ccccc1.Nc1ccccc1C(=O)C1CC1.c1ccc2c(c1)CN=C2C1CC1. The Morgan fingerprint density at radius 1 is 0.825 bits per heavy atom. The summed E-state index contributed by atoms with van der Waals surface area (Å²) in [5, 5.41) is 7.96. The Morgan fingerprint density at radius 3 is 1.90 bits per heavy atom. The third kappa shape index (κ3) is 11.0. The largest absolute Gasteiger partial charge is 0.399 e. The standard InChI is InChI=1S/C11H11N.C10H11NO.C6H7N.C4H5N.C2H4Cl2/c1-2-4-10-9(3-1)7-12-11(10)8-5-6-8;11-9-4-2-1-3-8(9)10(12)7-5-6-7;7-6-4-2-1-3-5-6;5-3-4-1-2-4;3-1-2-4/h1-4,8H,5-7H2;1-4,7H,5-6,11H2;1-5H,7H2;4H,1-2H2;1-2H2. The second-order valence-electron chi connectivity index (χ2n) is 10.1. The van der Waals surface area contributed by atoms with Crippen LogP contribution in [0.4, 0.5) is 11.4 Å². The number of nitrogens with zero attached hydrogens (tertiary/aromatic N) is 2. The van der Waals surface area contributed by atoms with E-state index in [9.17, 15) is 4.79 Å². The lowest BCUT2D eigenvalue weighted by atomic mass is 10.0. The van der Waals surface area contributed by atoms with Crippen LogP contribution in [0.1, 0.15) is 60.0 Å². The maximum absolute atomic E-state index is 11.5. The minimum absolute atomic E-state index is 0.216. The molecular weight excluding hydrogens is 539 g/mol. The summed E-state index contributed by atoms with van der Waals surface area (Å²) < 4.78 is 0. The Kier molecular flexibility index (Phi) is 13.0. The van der Waals surface area contributed by atoms with E-state index in [-0.39, 0.29) is 11.7 Å². The van der Waals surface area contributed by atoms with Crippen molar-refractivity contribution in [3.63, 3.8) is 0 Å². The van der Waals surface area contributed by atoms with E-state index in [1.54, 1.807) is 12.1 Å². The molecule has 0 radical (unpaired) electrons. The van der Waals surface area contributed by atoms with E-state index in [1.165, 1.54) is 29.7 Å². The first-order chi connectivity index (χ1) is 19.5. The molecule has 4 N–H and O–H groups in total. The Bertz CT molecular complexity index is 1270. The first-order valence-electron chi connectivity index (χ1n) is 13.8. The number of alkyl halides is 2. The second-order valence-corrected chi connectivity index (χ2v) is 10.8. The van der Waals surface area contributed by atoms with Crippen molar-refractivity contribution >= 4 is 46.1 Å². The van der Waals surface area contributed by atoms with E-state index in [4.69, 9.17) is 39.9 Å². The van der Waals surface area contributed by atoms with Gasteiger partial charge in [0.15, 0.2) is 5.78 Å². The third-order valence-corrected chi connectivity index (χ3v) is 7.05. The molecule has 0 aromatic heterocycles. The highest BCUT2D eigenvalue weighted by molar-refractivity contribution is 6.25. The molecule has 3 aromatic carbocycles. The number of fused-ring (bicyclic) bond motifs is 1. The summed E-state index contributed by atoms with van der Waals surface area (Å²) in [5.74, 6) is 2.83. The van der Waals surface area contributed by atoms with Crippen LogP contribution in [0.2, 0.25) is 0 Å². The maximum Gasteiger partial charge on any atom is 0.168 e. The summed E-state index contributed by atoms with van der Waals surface area (Å²) in [5.41, 5.74) is 17.4. The number of rotatable bonds is 4. The van der Waals surface area contributed by atoms with Gasteiger partial charge in [-0.1, -0.05) is 54.6 Å². The van der Waals surface area contributed by atoms with Crippen LogP contribution in [0, 0.1) is 29.1 Å². The molecule has 0 spiro atoms. The molecule has 1 heterocycles. The summed E-state index contributed by atoms with van der Waals surface area (Å²) in [4.78, 5) is 16.1. The van der Waals surface area contributed by atoms with E-state index in [2.05, 4.69) is 35.3 Å². The molecule has 3 aliphatic carbocycles. The number of aliphatic imine (C=N–C) groups is 1. The van der Waals surface area contributed by atoms with Crippen LogP contribution in [0.15, 0.2) is 83.9 Å². The summed E-state index contributed by atoms with van der Waals surface area (Å²) in [6, 6.07) is 27.5. The lowest BCUT2D eigenvalue weighted by Gasteiger charge is -2.01. The van der Waals surface area contributed by atoms with Crippen LogP contribution >= 0.6 is 23.2 Å². The number of nitrogen functional groups attached to an aromatic ring is 2. The summed E-state index contributed by atoms with van der Waals surface area (Å²) in [6.45, 7) is 0.919. The fourth-order valence-electron chi connectivity index (χ4n) is 3.82. The molecule has 4 aliphatic rings. The number of Topliss-reactive ketones (excluding diaryl/α,β-unsaturated/α-hetero) is 1. The second kappa shape index (κ2) is 16.7. The van der Waals surface area contributed by atoms with Crippen molar-refractivity contribution in [3.05, 3.63) is 95.6 Å². The lowest BCUT2D eigenvalue weighted by Crippen LogP contribution is -2.04. The molecule has 7 heteroatoms. The highest BCUT2D eigenvalue weighted by Crippen LogP contribution is 2.37. The molecule has 40 heavy (non-hydrogen) atoms. The predicted octanol–water partition coefficient (Wildman–Crippen LogP) is 7.91. The van der Waals surface area contributed by atoms with Crippen LogP contribution in [0.25, 0.3) is 0 Å². The lowest BCUT2D eigenvalue weighted by molar-refractivity contribution is 0.0968. The van der Waals surface area contributed by atoms with E-state index < -0.39 is 0 Å². The van der Waals surface area contributed by atoms with Crippen LogP contribution < -0.4 is 11.5 Å². The molecule has 1 aliphatic heterocycles. The number of para-hydroxylation sites is 2. The Hall–Kier alpha value is -3.33. The molecule has 3 aromatic rings. The number of nitriles is 1. The number of nitrogens with two attached hydrogens (primary N) is 2. The Balaban J connectivity index is 0.000000147. The van der Waals surface area contributed by atoms with E-state index in [0.29, 0.717) is 28.9 Å². The average Bonchev–Trinajstić information content (AvgIpc) is 3.85. The monoisotopic (exact) mass is 576 g/mol. The van der Waals surface area contributed by atoms with Crippen molar-refractivity contribution < 1.29 is 4.79 Å². The van der Waals surface area contributed by atoms with Crippen molar-refractivity contribution in [1.82, 2.24) is 0 Å². The minimum atomic E-state index is 0.216. The number of benzene rings is 3. The van der Waals surface area contributed by atoms with Gasteiger partial charge < -0.3 is 11.5 Å². The Labute approximate surface area is 248 Å². The maximum atomic E-state index is 11.5. The summed E-state index contributed by atoms with van der Waals surface area (Å²) in [6.07, 6.45) is 7.08. The van der Waals surface area contributed by atoms with Crippen molar-refractivity contribution in [2.45, 2.75) is 45.1 Å². The number of carbonyl (C=O) groups is 1. The van der Waals surface area contributed by atoms with E-state index in [1.807, 2.05) is 42.5 Å². The van der Waals surface area contributed by atoms with Gasteiger partial charge in [-0.05, 0) is 68.4 Å². The molecule has 0 saturated heterocycles. The molecule has 0 unspecified atom stereocenters. The highest BCUT2D eigenvalue weighted by Gasteiger charge is 2.32. The molecular formula is C33H38Cl2N4O. The van der Waals surface area contributed by atoms with Crippen LogP contribution in [-0.4, -0.2) is 23.3 Å². The third-order valence-electron chi connectivity index (χ3n) is 6.48. The van der Waals surface area contributed by atoms with Gasteiger partial charge in [0.1, 0.15) is 0 Å². The molecule has 5 nitrogen and oxygen atoms in total. The van der Waals surface area contributed by atoms with Crippen LogP contribution in [0.5, 0.6) is 0 Å². The zero-order valence-corrected chi connectivity index (χ0v) is 24.3. The molecule has 0 bridgehead atoms. The molecule has 7 rings (SSSR count). The summed E-state index contributed by atoms with van der Waals surface area (Å²) in [7, 11) is 0. The minimum Gasteiger partial charge on any atom is -0.399 e. The Morgan fingerprint density at radius 2 is 1.43 bits per heavy atom. The normalized spacial score (nSPS) is 15.9. The quantitative estimate of drug-likeness (QED) is 0.187. The van der Waals surface area contributed by atoms with Gasteiger partial charge in [-0.2, -0.15) is 5.26 Å². The van der Waals surface area contributed by atoms with Crippen LogP contribution in [-0.2, 0) is 6.54 Å². The van der Waals surface area contributed by atoms with Gasteiger partial charge in [-0.3, -0.25) is 9.79 Å². The zero-order valence-electron chi connectivity index (χ0n) is 22.8. The summed E-state index contributed by atoms with van der Waals surface area (Å²) >= 11 is 10.1. The number of hydrogen-bond donors (Lipinski definition) is 2. The molecule has 0 atom stereocenters. The number of anilines is 2. The van der Waals surface area contributed by atoms with Crippen molar-refractivity contribution in [2.75, 3.05) is 23.2 Å². The van der Waals surface area contributed by atoms with Gasteiger partial charge in [-0.15, -0.1) is 23.2 Å². The van der Waals surface area contributed by atoms with Crippen molar-refractivity contribution in [3.8, 4) is 6.07 Å². The zero-order chi connectivity index (χ0) is 28.7. The molecule has 3 saturated carbocycles. The van der Waals surface area contributed by atoms with E-state index in [0.717, 1.165) is 43.8 Å². The van der Waals surface area contributed by atoms with Gasteiger partial charge in [0.25, 0.3) is 0 Å². The number of halogens is 2. The molecule has 0 amide bonds. The highest BCUT2D eigenvalue weighted by atomic mass is 35.5. The number of hydrogen-bond acceptors (Lipinski definition) is 5. The molecule has 210 valence electrons. The fraction of sp³-hybridized carbons (Fsp3) is 0.364. The molecule has 3 fully saturated rings. The van der Waals surface area contributed by atoms with Crippen molar-refractivity contribution in [2.24, 2.45) is 22.7 Å². The first kappa shape index (κ1) is 31.2. The van der Waals surface area contributed by atoms with Gasteiger partial charge >= 0.3 is 0 Å². The topological polar surface area (TPSA) is 105 Å². The van der Waals surface area contributed by atoms with Gasteiger partial charge in [0.05, 0.1) is 12.6 Å².